The van der Waals surface area contributed by atoms with Crippen LogP contribution in [0.4, 0.5) is 0 Å². The van der Waals surface area contributed by atoms with Crippen LogP contribution in [0.5, 0.6) is 0 Å². The van der Waals surface area contributed by atoms with Gasteiger partial charge in [-0.05, 0) is 12.8 Å². The molecule has 3 heterocycles. The van der Waals surface area contributed by atoms with E-state index in [0.717, 1.165) is 18.4 Å². The average Bonchev–Trinajstić information content (AvgIpc) is 3.40. The zero-order valence-electron chi connectivity index (χ0n) is 14.0. The number of carbonyl (C=O) groups is 1. The highest BCUT2D eigenvalue weighted by Crippen LogP contribution is 2.29. The second-order valence-electron chi connectivity index (χ2n) is 6.19. The first-order chi connectivity index (χ1) is 12.7. The van der Waals surface area contributed by atoms with E-state index in [1.165, 1.54) is 0 Å². The third kappa shape index (κ3) is 3.28. The molecule has 1 amide bonds. The first-order valence-corrected chi connectivity index (χ1v) is 8.53. The predicted molar refractivity (Wildman–Crippen MR) is 91.0 cm³/mol. The van der Waals surface area contributed by atoms with Gasteiger partial charge in [-0.2, -0.15) is 10.1 Å². The Hall–Kier alpha value is -3.23. The van der Waals surface area contributed by atoms with Gasteiger partial charge in [0.2, 0.25) is 17.6 Å². The largest absolute Gasteiger partial charge is 0.340 e. The van der Waals surface area contributed by atoms with Gasteiger partial charge in [-0.15, -0.1) is 0 Å². The van der Waals surface area contributed by atoms with Gasteiger partial charge in [-0.3, -0.25) is 9.78 Å². The highest BCUT2D eigenvalue weighted by molar-refractivity contribution is 5.77. The summed E-state index contributed by atoms with van der Waals surface area (Å²) in [6.45, 7) is 0.650. The number of rotatable bonds is 5. The van der Waals surface area contributed by atoms with E-state index < -0.39 is 0 Å². The third-order valence-corrected chi connectivity index (χ3v) is 4.46. The quantitative estimate of drug-likeness (QED) is 0.715. The number of carbonyl (C=O) groups excluding carboxylic acids is 1. The van der Waals surface area contributed by atoms with Crippen LogP contribution in [0.3, 0.4) is 0 Å². The monoisotopic (exact) mass is 354 g/mol. The number of aromatic nitrogens is 5. The van der Waals surface area contributed by atoms with Gasteiger partial charge in [0.25, 0.3) is 0 Å². The van der Waals surface area contributed by atoms with Crippen LogP contribution in [0.2, 0.25) is 0 Å². The molecule has 1 aromatic carbocycles. The van der Waals surface area contributed by atoms with Gasteiger partial charge in [-0.25, -0.2) is 9.89 Å². The normalized spacial score (nSPS) is 16.9. The molecule has 2 N–H and O–H groups in total. The summed E-state index contributed by atoms with van der Waals surface area (Å²) >= 11 is 0. The van der Waals surface area contributed by atoms with Crippen molar-refractivity contribution >= 4 is 5.91 Å². The molecule has 1 saturated heterocycles. The lowest BCUT2D eigenvalue weighted by Crippen LogP contribution is -2.31. The summed E-state index contributed by atoms with van der Waals surface area (Å²) in [7, 11) is 0. The summed E-state index contributed by atoms with van der Waals surface area (Å²) in [6, 6.07) is 9.34. The SMILES string of the molecule is O=C(CCc1nc(-c2ccccc2)no1)N1CCCC1c1n[nH]c(=O)[nH]1. The summed E-state index contributed by atoms with van der Waals surface area (Å²) in [5, 5.41) is 10.3. The van der Waals surface area contributed by atoms with Crippen molar-refractivity contribution in [2.75, 3.05) is 6.54 Å². The molecule has 9 nitrogen and oxygen atoms in total. The highest BCUT2D eigenvalue weighted by atomic mass is 16.5. The fraction of sp³-hybridized carbons (Fsp3) is 0.353. The van der Waals surface area contributed by atoms with Crippen molar-refractivity contribution < 1.29 is 9.32 Å². The van der Waals surface area contributed by atoms with Crippen molar-refractivity contribution in [3.05, 3.63) is 52.5 Å². The zero-order chi connectivity index (χ0) is 17.9. The molecule has 0 bridgehead atoms. The van der Waals surface area contributed by atoms with Crippen LogP contribution in [0, 0.1) is 0 Å². The van der Waals surface area contributed by atoms with Crippen LogP contribution in [-0.4, -0.2) is 42.7 Å². The maximum atomic E-state index is 12.6. The van der Waals surface area contributed by atoms with Gasteiger partial charge in [0.05, 0.1) is 6.04 Å². The Balaban J connectivity index is 1.39. The number of aromatic amines is 2. The van der Waals surface area contributed by atoms with Gasteiger partial charge in [0.15, 0.2) is 5.82 Å². The summed E-state index contributed by atoms with van der Waals surface area (Å²) < 4.78 is 5.25. The molecule has 1 atom stereocenters. The highest BCUT2D eigenvalue weighted by Gasteiger charge is 2.32. The van der Waals surface area contributed by atoms with Gasteiger partial charge in [-0.1, -0.05) is 35.5 Å². The number of hydrogen-bond donors (Lipinski definition) is 2. The second kappa shape index (κ2) is 6.95. The smallest absolute Gasteiger partial charge is 0.339 e. The summed E-state index contributed by atoms with van der Waals surface area (Å²) in [5.74, 6) is 1.43. The van der Waals surface area contributed by atoms with Crippen LogP contribution < -0.4 is 5.69 Å². The van der Waals surface area contributed by atoms with Crippen molar-refractivity contribution in [1.82, 2.24) is 30.2 Å². The molecule has 26 heavy (non-hydrogen) atoms. The molecular formula is C17H18N6O3. The Labute approximate surface area is 148 Å². The van der Waals surface area contributed by atoms with Gasteiger partial charge in [0, 0.05) is 24.9 Å². The molecule has 134 valence electrons. The van der Waals surface area contributed by atoms with E-state index in [4.69, 9.17) is 4.52 Å². The number of benzene rings is 1. The van der Waals surface area contributed by atoms with E-state index in [1.54, 1.807) is 4.90 Å². The maximum absolute atomic E-state index is 12.6. The van der Waals surface area contributed by atoms with Crippen molar-refractivity contribution in [2.45, 2.75) is 31.7 Å². The Bertz CT molecular complexity index is 945. The Kier molecular flexibility index (Phi) is 4.34. The van der Waals surface area contributed by atoms with E-state index in [1.807, 2.05) is 30.3 Å². The number of hydrogen-bond acceptors (Lipinski definition) is 6. The van der Waals surface area contributed by atoms with Crippen LogP contribution >= 0.6 is 0 Å². The Morgan fingerprint density at radius 1 is 1.31 bits per heavy atom. The number of amides is 1. The minimum absolute atomic E-state index is 0.0178. The molecule has 0 saturated carbocycles. The maximum Gasteiger partial charge on any atom is 0.340 e. The van der Waals surface area contributed by atoms with Crippen molar-refractivity contribution in [3.63, 3.8) is 0 Å². The van der Waals surface area contributed by atoms with E-state index in [2.05, 4.69) is 25.3 Å². The molecule has 1 aliphatic rings. The molecule has 1 unspecified atom stereocenters. The number of nitrogens with zero attached hydrogens (tertiary/aromatic N) is 4. The molecular weight excluding hydrogens is 336 g/mol. The summed E-state index contributed by atoms with van der Waals surface area (Å²) in [5.41, 5.74) is 0.509. The Morgan fingerprint density at radius 3 is 2.92 bits per heavy atom. The zero-order valence-corrected chi connectivity index (χ0v) is 14.0. The number of likely N-dealkylation sites (tertiary alicyclic amines) is 1. The fourth-order valence-electron chi connectivity index (χ4n) is 3.21. The van der Waals surface area contributed by atoms with Crippen molar-refractivity contribution in [1.29, 1.82) is 0 Å². The molecule has 4 rings (SSSR count). The van der Waals surface area contributed by atoms with Crippen molar-refractivity contribution in [2.24, 2.45) is 0 Å². The number of nitrogens with one attached hydrogen (secondary N) is 2. The first-order valence-electron chi connectivity index (χ1n) is 8.53. The third-order valence-electron chi connectivity index (χ3n) is 4.46. The molecule has 0 radical (unpaired) electrons. The number of H-pyrrole nitrogens is 2. The topological polar surface area (TPSA) is 121 Å². The molecule has 2 aromatic heterocycles. The molecule has 9 heteroatoms. The lowest BCUT2D eigenvalue weighted by Gasteiger charge is -2.22. The van der Waals surface area contributed by atoms with E-state index in [0.29, 0.717) is 30.5 Å². The first kappa shape index (κ1) is 16.2. The van der Waals surface area contributed by atoms with Crippen LogP contribution in [-0.2, 0) is 11.2 Å². The average molecular weight is 354 g/mol. The summed E-state index contributed by atoms with van der Waals surface area (Å²) in [4.78, 5) is 32.6. The number of aryl methyl sites for hydroxylation is 1. The van der Waals surface area contributed by atoms with Crippen LogP contribution in [0.1, 0.15) is 37.0 Å². The minimum atomic E-state index is -0.362. The lowest BCUT2D eigenvalue weighted by atomic mass is 10.2. The Morgan fingerprint density at radius 2 is 2.15 bits per heavy atom. The van der Waals surface area contributed by atoms with Crippen molar-refractivity contribution in [3.8, 4) is 11.4 Å². The van der Waals surface area contributed by atoms with E-state index in [9.17, 15) is 9.59 Å². The van der Waals surface area contributed by atoms with Gasteiger partial charge < -0.3 is 9.42 Å². The lowest BCUT2D eigenvalue weighted by molar-refractivity contribution is -0.132. The van der Waals surface area contributed by atoms with E-state index in [-0.39, 0.29) is 24.1 Å². The predicted octanol–water partition coefficient (Wildman–Crippen LogP) is 1.44. The van der Waals surface area contributed by atoms with Gasteiger partial charge >= 0.3 is 5.69 Å². The fourth-order valence-corrected chi connectivity index (χ4v) is 3.21. The molecule has 3 aromatic rings. The second-order valence-corrected chi connectivity index (χ2v) is 6.19. The molecule has 1 fully saturated rings. The molecule has 0 spiro atoms. The standard InChI is InChI=1S/C17H18N6O3/c24-14(23-10-4-7-12(23)16-19-17(25)21-20-16)9-8-13-18-15(22-26-13)11-5-2-1-3-6-11/h1-3,5-6,12H,4,7-10H2,(H2,19,20,21,25). The van der Waals surface area contributed by atoms with Crippen LogP contribution in [0.25, 0.3) is 11.4 Å². The minimum Gasteiger partial charge on any atom is -0.339 e. The van der Waals surface area contributed by atoms with E-state index >= 15 is 0 Å². The van der Waals surface area contributed by atoms with Crippen LogP contribution in [0.15, 0.2) is 39.6 Å². The van der Waals surface area contributed by atoms with Gasteiger partial charge in [0.1, 0.15) is 0 Å². The summed E-state index contributed by atoms with van der Waals surface area (Å²) in [6.07, 6.45) is 2.30. The molecule has 0 aliphatic carbocycles. The molecule has 1 aliphatic heterocycles.